The minimum atomic E-state index is -0.144. The minimum Gasteiger partial charge on any atom is -0.458 e. The summed E-state index contributed by atoms with van der Waals surface area (Å²) in [4.78, 5) is 11.8. The van der Waals surface area contributed by atoms with Crippen LogP contribution in [-0.4, -0.2) is 25.8 Å². The molecule has 0 aromatic carbocycles. The zero-order chi connectivity index (χ0) is 17.8. The van der Waals surface area contributed by atoms with Gasteiger partial charge in [0.2, 0.25) is 0 Å². The zero-order valence-electron chi connectivity index (χ0n) is 16.3. The van der Waals surface area contributed by atoms with Crippen LogP contribution in [0, 0.1) is 40.4 Å². The fourth-order valence-corrected chi connectivity index (χ4v) is 7.25. The number of hydrogen-bond donors (Lipinski definition) is 0. The Labute approximate surface area is 152 Å². The van der Waals surface area contributed by atoms with Crippen molar-refractivity contribution >= 4 is 5.97 Å². The Kier molecular flexibility index (Phi) is 4.30. The quantitative estimate of drug-likeness (QED) is 0.700. The number of carbonyl (C=O) groups is 1. The van der Waals surface area contributed by atoms with Crippen molar-refractivity contribution < 1.29 is 14.3 Å². The van der Waals surface area contributed by atoms with Crippen molar-refractivity contribution in [2.75, 3.05) is 13.7 Å². The normalized spacial score (nSPS) is 51.4. The van der Waals surface area contributed by atoms with E-state index in [1.165, 1.54) is 32.1 Å². The molecule has 4 aliphatic rings. The topological polar surface area (TPSA) is 35.5 Å². The number of carbonyl (C=O) groups excluding carboxylic acids is 1. The van der Waals surface area contributed by atoms with E-state index in [-0.39, 0.29) is 17.5 Å². The molecule has 0 N–H and O–H groups in total. The summed E-state index contributed by atoms with van der Waals surface area (Å²) >= 11 is 0. The van der Waals surface area contributed by atoms with Crippen molar-refractivity contribution in [2.24, 2.45) is 40.4 Å². The molecule has 1 aliphatic heterocycles. The van der Waals surface area contributed by atoms with Gasteiger partial charge in [-0.3, -0.25) is 0 Å². The summed E-state index contributed by atoms with van der Waals surface area (Å²) in [6.07, 6.45) is 11.6. The number of fused-ring (bicyclic) bond motifs is 5. The fourth-order valence-electron chi connectivity index (χ4n) is 7.25. The minimum absolute atomic E-state index is 0.0387. The largest absolute Gasteiger partial charge is 0.458 e. The summed E-state index contributed by atoms with van der Waals surface area (Å²) < 4.78 is 11.1. The maximum Gasteiger partial charge on any atom is 0.330 e. The Morgan fingerprint density at radius 1 is 1.28 bits per heavy atom. The molecule has 3 fully saturated rings. The molecule has 0 bridgehead atoms. The van der Waals surface area contributed by atoms with Crippen molar-refractivity contribution in [1.29, 1.82) is 0 Å². The van der Waals surface area contributed by atoms with Gasteiger partial charge in [-0.15, -0.1) is 0 Å². The first kappa shape index (κ1) is 17.6. The van der Waals surface area contributed by atoms with Crippen LogP contribution >= 0.6 is 0 Å². The first-order chi connectivity index (χ1) is 11.9. The van der Waals surface area contributed by atoms with E-state index in [9.17, 15) is 4.79 Å². The van der Waals surface area contributed by atoms with Crippen LogP contribution in [0.2, 0.25) is 0 Å². The van der Waals surface area contributed by atoms with Crippen molar-refractivity contribution in [3.8, 4) is 0 Å². The summed E-state index contributed by atoms with van der Waals surface area (Å²) in [6.45, 7) is 8.22. The average Bonchev–Trinajstić information content (AvgIpc) is 2.91. The van der Waals surface area contributed by atoms with Crippen LogP contribution in [0.15, 0.2) is 12.2 Å². The molecule has 3 heteroatoms. The fraction of sp³-hybridized carbons (Fsp3) is 0.864. The van der Waals surface area contributed by atoms with Crippen LogP contribution in [-0.2, 0) is 14.3 Å². The molecule has 4 rings (SSSR count). The van der Waals surface area contributed by atoms with Crippen LogP contribution < -0.4 is 0 Å². The zero-order valence-corrected chi connectivity index (χ0v) is 16.3. The van der Waals surface area contributed by atoms with E-state index in [0.717, 1.165) is 30.8 Å². The van der Waals surface area contributed by atoms with E-state index in [1.807, 2.05) is 7.11 Å². The van der Waals surface area contributed by atoms with Gasteiger partial charge in [0.1, 0.15) is 6.10 Å². The lowest BCUT2D eigenvalue weighted by Crippen LogP contribution is -2.57. The van der Waals surface area contributed by atoms with Gasteiger partial charge in [0, 0.05) is 25.2 Å². The SMILES string of the molecule is COCCC1C[C@H]2[C@@H]3C(C)CC4OC(=O)C=C[C@]4(C)[C@@H]3CC[C@]2(C)C1. The molecular weight excluding hydrogens is 312 g/mol. The third kappa shape index (κ3) is 2.69. The maximum absolute atomic E-state index is 11.8. The summed E-state index contributed by atoms with van der Waals surface area (Å²) in [7, 11) is 1.82. The predicted molar refractivity (Wildman–Crippen MR) is 97.9 cm³/mol. The standard InChI is InChI=1S/C22H34O3/c1-14-11-18-22(3,9-6-19(23)25-18)16-5-8-21(2)13-15(7-10-24-4)12-17(21)20(14)16/h6,9,14-18,20H,5,7-8,10-13H2,1-4H3/t14?,15?,16-,17+,18?,20-,21-,22-/m1/s1. The van der Waals surface area contributed by atoms with Gasteiger partial charge in [-0.25, -0.2) is 4.79 Å². The van der Waals surface area contributed by atoms with E-state index in [0.29, 0.717) is 17.3 Å². The molecule has 0 spiro atoms. The molecular formula is C22H34O3. The predicted octanol–water partition coefficient (Wildman–Crippen LogP) is 4.61. The summed E-state index contributed by atoms with van der Waals surface area (Å²) in [6, 6.07) is 0. The number of hydrogen-bond acceptors (Lipinski definition) is 3. The van der Waals surface area contributed by atoms with Gasteiger partial charge < -0.3 is 9.47 Å². The monoisotopic (exact) mass is 346 g/mol. The van der Waals surface area contributed by atoms with Gasteiger partial charge in [0.25, 0.3) is 0 Å². The first-order valence-corrected chi connectivity index (χ1v) is 10.3. The Balaban J connectivity index is 1.62. The third-order valence-electron chi connectivity index (χ3n) is 8.50. The summed E-state index contributed by atoms with van der Waals surface area (Å²) in [5, 5.41) is 0. The van der Waals surface area contributed by atoms with Gasteiger partial charge >= 0.3 is 5.97 Å². The van der Waals surface area contributed by atoms with Crippen LogP contribution in [0.25, 0.3) is 0 Å². The molecule has 3 saturated carbocycles. The summed E-state index contributed by atoms with van der Waals surface area (Å²) in [5.74, 6) is 3.58. The summed E-state index contributed by atoms with van der Waals surface area (Å²) in [5.41, 5.74) is 0.545. The van der Waals surface area contributed by atoms with Crippen LogP contribution in [0.3, 0.4) is 0 Å². The molecule has 0 radical (unpaired) electrons. The molecule has 0 amide bonds. The Bertz CT molecular complexity index is 570. The Morgan fingerprint density at radius 3 is 2.84 bits per heavy atom. The highest BCUT2D eigenvalue weighted by molar-refractivity contribution is 5.83. The molecule has 0 saturated heterocycles. The lowest BCUT2D eigenvalue weighted by molar-refractivity contribution is -0.173. The number of rotatable bonds is 3. The van der Waals surface area contributed by atoms with Crippen molar-refractivity contribution in [2.45, 2.75) is 65.4 Å². The van der Waals surface area contributed by atoms with Crippen LogP contribution in [0.1, 0.15) is 59.3 Å². The van der Waals surface area contributed by atoms with Crippen molar-refractivity contribution in [1.82, 2.24) is 0 Å². The molecule has 8 atom stereocenters. The lowest BCUT2D eigenvalue weighted by atomic mass is 9.47. The second-order valence-electron chi connectivity index (χ2n) is 9.91. The molecule has 3 unspecified atom stereocenters. The van der Waals surface area contributed by atoms with E-state index < -0.39 is 0 Å². The second kappa shape index (κ2) is 6.11. The Hall–Kier alpha value is -0.830. The van der Waals surface area contributed by atoms with Gasteiger partial charge in [0.15, 0.2) is 0 Å². The van der Waals surface area contributed by atoms with Gasteiger partial charge in [0.05, 0.1) is 0 Å². The van der Waals surface area contributed by atoms with Crippen molar-refractivity contribution in [3.63, 3.8) is 0 Å². The molecule has 3 aliphatic carbocycles. The number of ether oxygens (including phenoxy) is 2. The number of methoxy groups -OCH3 is 1. The Morgan fingerprint density at radius 2 is 2.08 bits per heavy atom. The molecule has 0 aromatic rings. The van der Waals surface area contributed by atoms with E-state index in [1.54, 1.807) is 6.08 Å². The highest BCUT2D eigenvalue weighted by Crippen LogP contribution is 2.66. The highest BCUT2D eigenvalue weighted by Gasteiger charge is 2.61. The second-order valence-corrected chi connectivity index (χ2v) is 9.91. The molecule has 25 heavy (non-hydrogen) atoms. The first-order valence-electron chi connectivity index (χ1n) is 10.3. The smallest absolute Gasteiger partial charge is 0.330 e. The van der Waals surface area contributed by atoms with Crippen LogP contribution in [0.4, 0.5) is 0 Å². The molecule has 0 aromatic heterocycles. The van der Waals surface area contributed by atoms with Crippen molar-refractivity contribution in [3.05, 3.63) is 12.2 Å². The van der Waals surface area contributed by atoms with E-state index in [4.69, 9.17) is 9.47 Å². The van der Waals surface area contributed by atoms with Gasteiger partial charge in [-0.05, 0) is 73.5 Å². The lowest BCUT2D eigenvalue weighted by Gasteiger charge is -2.59. The third-order valence-corrected chi connectivity index (χ3v) is 8.50. The molecule has 3 nitrogen and oxygen atoms in total. The molecule has 1 heterocycles. The van der Waals surface area contributed by atoms with Gasteiger partial charge in [-0.1, -0.05) is 26.8 Å². The number of esters is 1. The van der Waals surface area contributed by atoms with Gasteiger partial charge in [-0.2, -0.15) is 0 Å². The highest BCUT2D eigenvalue weighted by atomic mass is 16.5. The molecule has 140 valence electrons. The maximum atomic E-state index is 11.8. The van der Waals surface area contributed by atoms with E-state index in [2.05, 4.69) is 26.8 Å². The average molecular weight is 347 g/mol. The van der Waals surface area contributed by atoms with Crippen LogP contribution in [0.5, 0.6) is 0 Å². The van der Waals surface area contributed by atoms with E-state index >= 15 is 0 Å².